The minimum Gasteiger partial charge on any atom is -0.379 e. The summed E-state index contributed by atoms with van der Waals surface area (Å²) >= 11 is 0. The lowest BCUT2D eigenvalue weighted by atomic mass is 9.80. The number of nitrogens with zero attached hydrogens (tertiary/aromatic N) is 3. The van der Waals surface area contributed by atoms with Crippen LogP contribution < -0.4 is 0 Å². The van der Waals surface area contributed by atoms with Crippen LogP contribution in [0, 0.1) is 0 Å². The van der Waals surface area contributed by atoms with Crippen LogP contribution in [0.2, 0.25) is 0 Å². The molecule has 0 unspecified atom stereocenters. The molecular weight excluding hydrogens is 430 g/mol. The third-order valence-corrected chi connectivity index (χ3v) is 5.23. The Labute approximate surface area is 200 Å². The van der Waals surface area contributed by atoms with Crippen LogP contribution in [-0.4, -0.2) is 52.8 Å². The zero-order chi connectivity index (χ0) is 23.7. The van der Waals surface area contributed by atoms with Gasteiger partial charge in [0.15, 0.2) is 0 Å². The molecular formula is C27H31N3O4. The van der Waals surface area contributed by atoms with Crippen molar-refractivity contribution in [3.8, 4) is 0 Å². The number of benzene rings is 3. The Balaban J connectivity index is 1.55. The van der Waals surface area contributed by atoms with Crippen LogP contribution in [0.5, 0.6) is 0 Å². The van der Waals surface area contributed by atoms with Crippen molar-refractivity contribution in [1.29, 1.82) is 0 Å². The molecule has 3 rings (SSSR count). The van der Waals surface area contributed by atoms with Gasteiger partial charge in [0.1, 0.15) is 5.60 Å². The Morgan fingerprint density at radius 1 is 0.559 bits per heavy atom. The highest BCUT2D eigenvalue weighted by Gasteiger charge is 2.37. The first-order chi connectivity index (χ1) is 16.9. The molecule has 0 heterocycles. The van der Waals surface area contributed by atoms with Gasteiger partial charge in [-0.1, -0.05) is 96.1 Å². The fourth-order valence-corrected chi connectivity index (χ4v) is 3.71. The molecule has 0 fully saturated rings. The lowest BCUT2D eigenvalue weighted by molar-refractivity contribution is -0.0366. The largest absolute Gasteiger partial charge is 0.379 e. The van der Waals surface area contributed by atoms with Gasteiger partial charge in [0, 0.05) is 11.5 Å². The van der Waals surface area contributed by atoms with E-state index in [-0.39, 0.29) is 0 Å². The minimum absolute atomic E-state index is 0.329. The van der Waals surface area contributed by atoms with Gasteiger partial charge in [-0.25, -0.2) is 0 Å². The molecule has 34 heavy (non-hydrogen) atoms. The van der Waals surface area contributed by atoms with Crippen molar-refractivity contribution in [1.82, 2.24) is 0 Å². The summed E-state index contributed by atoms with van der Waals surface area (Å²) < 4.78 is 23.2. The van der Waals surface area contributed by atoms with Gasteiger partial charge in [0.25, 0.3) is 0 Å². The van der Waals surface area contributed by atoms with Crippen molar-refractivity contribution in [3.63, 3.8) is 0 Å². The fraction of sp³-hybridized carbons (Fsp3) is 0.333. The number of ether oxygens (including phenoxy) is 4. The highest BCUT2D eigenvalue weighted by atomic mass is 16.6. The summed E-state index contributed by atoms with van der Waals surface area (Å²) in [6.45, 7) is 3.45. The second-order valence-corrected chi connectivity index (χ2v) is 7.42. The molecule has 0 spiro atoms. The molecule has 0 N–H and O–H groups in total. The van der Waals surface area contributed by atoms with Crippen molar-refractivity contribution in [3.05, 3.63) is 118 Å². The van der Waals surface area contributed by atoms with Crippen LogP contribution in [0.15, 0.2) is 96.1 Å². The van der Waals surface area contributed by atoms with Crippen molar-refractivity contribution >= 4 is 0 Å². The zero-order valence-electron chi connectivity index (χ0n) is 19.3. The van der Waals surface area contributed by atoms with Crippen molar-refractivity contribution in [2.45, 2.75) is 5.60 Å². The molecule has 0 atom stereocenters. The molecule has 0 saturated carbocycles. The minimum atomic E-state index is -0.740. The molecule has 3 aromatic carbocycles. The predicted molar refractivity (Wildman–Crippen MR) is 132 cm³/mol. The molecule has 0 aliphatic heterocycles. The van der Waals surface area contributed by atoms with Gasteiger partial charge in [-0.3, -0.25) is 0 Å². The molecule has 0 radical (unpaired) electrons. The smallest absolute Gasteiger partial charge is 0.143 e. The first kappa shape index (κ1) is 25.4. The summed E-state index contributed by atoms with van der Waals surface area (Å²) in [5, 5.41) is 3.41. The van der Waals surface area contributed by atoms with E-state index in [9.17, 15) is 0 Å². The maximum atomic E-state index is 8.20. The quantitative estimate of drug-likeness (QED) is 0.0945. The molecule has 7 nitrogen and oxygen atoms in total. The highest BCUT2D eigenvalue weighted by Crippen LogP contribution is 2.40. The van der Waals surface area contributed by atoms with Crippen molar-refractivity contribution in [2.75, 3.05) is 52.8 Å². The Morgan fingerprint density at radius 2 is 0.941 bits per heavy atom. The highest BCUT2D eigenvalue weighted by molar-refractivity contribution is 5.47. The van der Waals surface area contributed by atoms with Crippen LogP contribution in [0.3, 0.4) is 0 Å². The van der Waals surface area contributed by atoms with E-state index in [1.165, 1.54) is 0 Å². The maximum Gasteiger partial charge on any atom is 0.143 e. The standard InChI is InChI=1S/C27H31N3O4/c28-30-29-16-17-31-18-19-32-20-21-33-22-23-34-27(24-10-4-1-5-11-24,25-12-6-2-7-13-25)26-14-8-3-9-15-26/h1-15H,16-23H2. The molecule has 3 aromatic rings. The van der Waals surface area contributed by atoms with Crippen LogP contribution in [0.1, 0.15) is 16.7 Å². The average Bonchev–Trinajstić information content (AvgIpc) is 2.91. The Morgan fingerprint density at radius 3 is 1.35 bits per heavy atom. The molecule has 0 aliphatic rings. The molecule has 7 heteroatoms. The average molecular weight is 462 g/mol. The van der Waals surface area contributed by atoms with E-state index in [0.717, 1.165) is 16.7 Å². The molecule has 0 bridgehead atoms. The van der Waals surface area contributed by atoms with Gasteiger partial charge in [0.05, 0.1) is 46.2 Å². The topological polar surface area (TPSA) is 85.7 Å². The molecule has 0 amide bonds. The van der Waals surface area contributed by atoms with Crippen LogP contribution in [0.25, 0.3) is 10.4 Å². The second-order valence-electron chi connectivity index (χ2n) is 7.42. The SMILES string of the molecule is [N-]=[N+]=NCCOCCOCCOCCOC(c1ccccc1)(c1ccccc1)c1ccccc1. The third kappa shape index (κ3) is 7.42. The van der Waals surface area contributed by atoms with E-state index >= 15 is 0 Å². The summed E-state index contributed by atoms with van der Waals surface area (Å²) in [6, 6.07) is 30.9. The third-order valence-electron chi connectivity index (χ3n) is 5.23. The summed E-state index contributed by atoms with van der Waals surface area (Å²) in [6.07, 6.45) is 0. The number of rotatable bonds is 16. The van der Waals surface area contributed by atoms with Gasteiger partial charge in [-0.2, -0.15) is 0 Å². The van der Waals surface area contributed by atoms with E-state index in [4.69, 9.17) is 24.5 Å². The zero-order valence-corrected chi connectivity index (χ0v) is 19.3. The summed E-state index contributed by atoms with van der Waals surface area (Å²) in [5.41, 5.74) is 10.7. The maximum absolute atomic E-state index is 8.20. The monoisotopic (exact) mass is 461 g/mol. The second kappa shape index (κ2) is 14.9. The van der Waals surface area contributed by atoms with Crippen LogP contribution in [0.4, 0.5) is 0 Å². The van der Waals surface area contributed by atoms with Gasteiger partial charge in [0.2, 0.25) is 0 Å². The Hall–Kier alpha value is -3.19. The number of azide groups is 1. The summed E-state index contributed by atoms with van der Waals surface area (Å²) in [4.78, 5) is 2.67. The molecule has 0 aliphatic carbocycles. The Bertz CT molecular complexity index is 884. The van der Waals surface area contributed by atoms with Crippen molar-refractivity contribution in [2.24, 2.45) is 5.11 Å². The van der Waals surface area contributed by atoms with E-state index < -0.39 is 5.60 Å². The molecule has 0 aromatic heterocycles. The summed E-state index contributed by atoms with van der Waals surface area (Å²) in [7, 11) is 0. The fourth-order valence-electron chi connectivity index (χ4n) is 3.71. The van der Waals surface area contributed by atoms with Gasteiger partial charge < -0.3 is 18.9 Å². The van der Waals surface area contributed by atoms with E-state index in [1.54, 1.807) is 0 Å². The predicted octanol–water partition coefficient (Wildman–Crippen LogP) is 5.36. The van der Waals surface area contributed by atoms with E-state index in [2.05, 4.69) is 46.4 Å². The normalized spacial score (nSPS) is 11.2. The molecule has 178 valence electrons. The first-order valence-electron chi connectivity index (χ1n) is 11.4. The first-order valence-corrected chi connectivity index (χ1v) is 11.4. The van der Waals surface area contributed by atoms with Gasteiger partial charge in [-0.05, 0) is 22.2 Å². The van der Waals surface area contributed by atoms with Crippen LogP contribution in [-0.2, 0) is 24.5 Å². The number of hydrogen-bond donors (Lipinski definition) is 0. The summed E-state index contributed by atoms with van der Waals surface area (Å²) in [5.74, 6) is 0. The van der Waals surface area contributed by atoms with Crippen LogP contribution >= 0.6 is 0 Å². The van der Waals surface area contributed by atoms with Gasteiger partial charge in [-0.15, -0.1) is 0 Å². The van der Waals surface area contributed by atoms with E-state index in [1.807, 2.05) is 54.6 Å². The Kier molecular flexibility index (Phi) is 11.1. The molecule has 0 saturated heterocycles. The lowest BCUT2D eigenvalue weighted by Gasteiger charge is -2.36. The lowest BCUT2D eigenvalue weighted by Crippen LogP contribution is -2.34. The van der Waals surface area contributed by atoms with Crippen molar-refractivity contribution < 1.29 is 18.9 Å². The number of hydrogen-bond acceptors (Lipinski definition) is 5. The van der Waals surface area contributed by atoms with Gasteiger partial charge >= 0.3 is 0 Å². The van der Waals surface area contributed by atoms with E-state index in [0.29, 0.717) is 52.8 Å².